The Morgan fingerprint density at radius 2 is 1.92 bits per heavy atom. The minimum Gasteiger partial charge on any atom is -0.399 e. The van der Waals surface area contributed by atoms with E-state index in [1.165, 1.54) is 7.11 Å². The lowest BCUT2D eigenvalue weighted by Gasteiger charge is -2.05. The van der Waals surface area contributed by atoms with Crippen LogP contribution in [0.5, 0.6) is 0 Å². The van der Waals surface area contributed by atoms with Gasteiger partial charge in [0.1, 0.15) is 25.1 Å². The lowest BCUT2D eigenvalue weighted by Crippen LogP contribution is -2.05. The van der Waals surface area contributed by atoms with Crippen LogP contribution in [0.15, 0.2) is 52.9 Å². The summed E-state index contributed by atoms with van der Waals surface area (Å²) in [7, 11) is 1.53. The fourth-order valence-electron chi connectivity index (χ4n) is 2.27. The molecule has 6 nitrogen and oxygen atoms in total. The molecule has 6 heteroatoms. The molecule has 0 aliphatic rings. The van der Waals surface area contributed by atoms with Gasteiger partial charge in [-0.3, -0.25) is 9.97 Å². The van der Waals surface area contributed by atoms with E-state index in [0.717, 1.165) is 47.8 Å². The maximum absolute atomic E-state index is 5.46. The lowest BCUT2D eigenvalue weighted by molar-refractivity contribution is 0.141. The smallest absolute Gasteiger partial charge is 0.117 e. The fraction of sp³-hybridized carbons (Fsp3) is 0.368. The maximum Gasteiger partial charge on any atom is 0.117 e. The van der Waals surface area contributed by atoms with Gasteiger partial charge in [-0.05, 0) is 50.5 Å². The van der Waals surface area contributed by atoms with Crippen molar-refractivity contribution in [2.75, 3.05) is 13.7 Å². The van der Waals surface area contributed by atoms with Gasteiger partial charge >= 0.3 is 0 Å². The first-order valence-electron chi connectivity index (χ1n) is 8.39. The van der Waals surface area contributed by atoms with Gasteiger partial charge in [0.25, 0.3) is 0 Å². The number of hydrogen-bond donors (Lipinski definition) is 0. The largest absolute Gasteiger partial charge is 0.399 e. The first-order valence-corrected chi connectivity index (χ1v) is 8.39. The minimum absolute atomic E-state index is 0.535. The number of nitrogens with zero attached hydrogens (tertiary/aromatic N) is 4. The van der Waals surface area contributed by atoms with Gasteiger partial charge in [0.15, 0.2) is 0 Å². The molecule has 0 spiro atoms. The van der Waals surface area contributed by atoms with E-state index in [2.05, 4.69) is 20.3 Å². The second-order valence-electron chi connectivity index (χ2n) is 5.42. The van der Waals surface area contributed by atoms with Crippen LogP contribution in [-0.4, -0.2) is 35.1 Å². The van der Waals surface area contributed by atoms with Crippen molar-refractivity contribution in [1.82, 2.24) is 9.97 Å². The summed E-state index contributed by atoms with van der Waals surface area (Å²) in [5.74, 6) is 0. The first kappa shape index (κ1) is 18.6. The molecule has 0 unspecified atom stereocenters. The van der Waals surface area contributed by atoms with Crippen molar-refractivity contribution in [2.45, 2.75) is 33.1 Å². The summed E-state index contributed by atoms with van der Waals surface area (Å²) in [6.45, 7) is 4.45. The van der Waals surface area contributed by atoms with Gasteiger partial charge < -0.3 is 9.68 Å². The van der Waals surface area contributed by atoms with Crippen LogP contribution in [0.4, 0.5) is 0 Å². The molecule has 0 N–H and O–H groups in total. The number of aromatic nitrogens is 2. The van der Waals surface area contributed by atoms with Crippen LogP contribution in [0.3, 0.4) is 0 Å². The highest BCUT2D eigenvalue weighted by atomic mass is 16.6. The molecule has 0 amide bonds. The zero-order valence-corrected chi connectivity index (χ0v) is 15.0. The summed E-state index contributed by atoms with van der Waals surface area (Å²) >= 11 is 0. The summed E-state index contributed by atoms with van der Waals surface area (Å²) < 4.78 is 0. The molecule has 0 fully saturated rings. The Labute approximate surface area is 148 Å². The second-order valence-corrected chi connectivity index (χ2v) is 5.42. The van der Waals surface area contributed by atoms with Crippen molar-refractivity contribution < 1.29 is 9.68 Å². The number of hydrogen-bond acceptors (Lipinski definition) is 6. The molecular weight excluding hydrogens is 316 g/mol. The van der Waals surface area contributed by atoms with E-state index >= 15 is 0 Å². The Bertz CT molecular complexity index is 714. The predicted octanol–water partition coefficient (Wildman–Crippen LogP) is 3.61. The van der Waals surface area contributed by atoms with Gasteiger partial charge in [0.05, 0.1) is 11.4 Å². The van der Waals surface area contributed by atoms with E-state index in [9.17, 15) is 0 Å². The van der Waals surface area contributed by atoms with Crippen molar-refractivity contribution in [1.29, 1.82) is 0 Å². The van der Waals surface area contributed by atoms with Crippen LogP contribution in [-0.2, 0) is 16.1 Å². The summed E-state index contributed by atoms with van der Waals surface area (Å²) in [5.41, 5.74) is 4.28. The molecule has 0 bridgehead atoms. The molecule has 132 valence electrons. The highest BCUT2D eigenvalue weighted by molar-refractivity contribution is 5.98. The molecular formula is C19H24N4O2. The molecule has 0 aliphatic heterocycles. The molecule has 0 aliphatic carbocycles. The molecule has 0 aromatic carbocycles. The summed E-state index contributed by atoms with van der Waals surface area (Å²) in [5, 5.41) is 8.12. The van der Waals surface area contributed by atoms with Gasteiger partial charge in [-0.1, -0.05) is 29.4 Å². The Kier molecular flexibility index (Phi) is 7.56. The topological polar surface area (TPSA) is 69.0 Å². The minimum atomic E-state index is 0.535. The third kappa shape index (κ3) is 5.99. The number of oxime groups is 2. The molecule has 2 heterocycles. The predicted molar refractivity (Wildman–Crippen MR) is 98.8 cm³/mol. The van der Waals surface area contributed by atoms with Gasteiger partial charge in [0.2, 0.25) is 0 Å². The zero-order chi connectivity index (χ0) is 17.9. The van der Waals surface area contributed by atoms with Gasteiger partial charge in [0, 0.05) is 11.9 Å². The van der Waals surface area contributed by atoms with Crippen molar-refractivity contribution >= 4 is 11.4 Å². The third-order valence-electron chi connectivity index (χ3n) is 3.54. The lowest BCUT2D eigenvalue weighted by atomic mass is 10.2. The van der Waals surface area contributed by atoms with E-state index in [0.29, 0.717) is 6.61 Å². The molecule has 0 atom stereocenters. The SMILES string of the molecule is CCC(=NOCCCc1cccc(C(C)=NOC)n1)c1ccccn1. The molecule has 2 rings (SSSR count). The van der Waals surface area contributed by atoms with Crippen LogP contribution in [0.1, 0.15) is 43.8 Å². The molecule has 25 heavy (non-hydrogen) atoms. The van der Waals surface area contributed by atoms with Crippen LogP contribution < -0.4 is 0 Å². The normalized spacial score (nSPS) is 12.1. The van der Waals surface area contributed by atoms with Gasteiger partial charge in [-0.25, -0.2) is 0 Å². The maximum atomic E-state index is 5.46. The van der Waals surface area contributed by atoms with Crippen molar-refractivity contribution in [3.8, 4) is 0 Å². The van der Waals surface area contributed by atoms with E-state index in [4.69, 9.17) is 9.68 Å². The Morgan fingerprint density at radius 3 is 2.64 bits per heavy atom. The summed E-state index contributed by atoms with van der Waals surface area (Å²) in [6, 6.07) is 11.7. The molecule has 2 aromatic rings. The number of rotatable bonds is 9. The van der Waals surface area contributed by atoms with Crippen LogP contribution in [0.25, 0.3) is 0 Å². The fourth-order valence-corrected chi connectivity index (χ4v) is 2.27. The monoisotopic (exact) mass is 340 g/mol. The van der Waals surface area contributed by atoms with Crippen molar-refractivity contribution in [3.63, 3.8) is 0 Å². The Hall–Kier alpha value is -2.76. The molecule has 2 aromatic heterocycles. The average molecular weight is 340 g/mol. The molecule has 0 saturated heterocycles. The first-order chi connectivity index (χ1) is 12.2. The number of pyridine rings is 2. The third-order valence-corrected chi connectivity index (χ3v) is 3.54. The van der Waals surface area contributed by atoms with E-state index in [-0.39, 0.29) is 0 Å². The number of aryl methyl sites for hydroxylation is 1. The standard InChI is InChI=1S/C19H24N4O2/c1-4-17(19-11-5-6-13-20-19)23-25-14-8-10-16-9-7-12-18(21-16)15(2)22-24-3/h5-7,9,11-13H,4,8,10,14H2,1-3H3. The van der Waals surface area contributed by atoms with Gasteiger partial charge in [-0.2, -0.15) is 0 Å². The van der Waals surface area contributed by atoms with Crippen molar-refractivity contribution in [2.24, 2.45) is 10.3 Å². The van der Waals surface area contributed by atoms with E-state index < -0.39 is 0 Å². The highest BCUT2D eigenvalue weighted by Crippen LogP contribution is 2.06. The quantitative estimate of drug-likeness (QED) is 0.397. The highest BCUT2D eigenvalue weighted by Gasteiger charge is 2.04. The van der Waals surface area contributed by atoms with Gasteiger partial charge in [-0.15, -0.1) is 0 Å². The summed E-state index contributed by atoms with van der Waals surface area (Å²) in [6.07, 6.45) is 4.18. The van der Waals surface area contributed by atoms with E-state index in [1.807, 2.05) is 50.2 Å². The molecule has 0 radical (unpaired) electrons. The Balaban J connectivity index is 1.84. The van der Waals surface area contributed by atoms with Crippen LogP contribution in [0, 0.1) is 0 Å². The summed E-state index contributed by atoms with van der Waals surface area (Å²) in [4.78, 5) is 19.1. The van der Waals surface area contributed by atoms with Crippen molar-refractivity contribution in [3.05, 3.63) is 59.7 Å². The Morgan fingerprint density at radius 1 is 1.08 bits per heavy atom. The van der Waals surface area contributed by atoms with Crippen LogP contribution in [0.2, 0.25) is 0 Å². The van der Waals surface area contributed by atoms with Crippen LogP contribution >= 0.6 is 0 Å². The average Bonchev–Trinajstić information content (AvgIpc) is 2.66. The zero-order valence-electron chi connectivity index (χ0n) is 15.0. The second kappa shape index (κ2) is 10.2. The molecule has 0 saturated carbocycles. The van der Waals surface area contributed by atoms with E-state index in [1.54, 1.807) is 6.20 Å².